The van der Waals surface area contributed by atoms with Gasteiger partial charge in [0, 0.05) is 9.99 Å². The van der Waals surface area contributed by atoms with Gasteiger partial charge < -0.3 is 5.11 Å². The van der Waals surface area contributed by atoms with Gasteiger partial charge in [-0.2, -0.15) is 0 Å². The van der Waals surface area contributed by atoms with E-state index in [2.05, 4.69) is 22.6 Å². The van der Waals surface area contributed by atoms with Gasteiger partial charge in [-0.1, -0.05) is 24.3 Å². The van der Waals surface area contributed by atoms with E-state index in [-0.39, 0.29) is 12.0 Å². The molecule has 0 saturated heterocycles. The number of aliphatic hydroxyl groups is 1. The van der Waals surface area contributed by atoms with Crippen LogP contribution < -0.4 is 0 Å². The average Bonchev–Trinajstić information content (AvgIpc) is 2.38. The summed E-state index contributed by atoms with van der Waals surface area (Å²) in [5, 5.41) is 9.95. The molecule has 0 spiro atoms. The van der Waals surface area contributed by atoms with Crippen molar-refractivity contribution in [2.45, 2.75) is 18.9 Å². The summed E-state index contributed by atoms with van der Waals surface area (Å²) in [7, 11) is 0. The van der Waals surface area contributed by atoms with E-state index < -0.39 is 17.7 Å². The zero-order chi connectivity index (χ0) is 13.8. The van der Waals surface area contributed by atoms with Crippen molar-refractivity contribution in [2.24, 2.45) is 0 Å². The quantitative estimate of drug-likeness (QED) is 0.809. The summed E-state index contributed by atoms with van der Waals surface area (Å²) >= 11 is 2.20. The van der Waals surface area contributed by atoms with Crippen LogP contribution in [0.1, 0.15) is 11.1 Å². The fourth-order valence-electron chi connectivity index (χ4n) is 1.92. The largest absolute Gasteiger partial charge is 0.392 e. The van der Waals surface area contributed by atoms with Crippen molar-refractivity contribution in [3.05, 3.63) is 68.8 Å². The second-order valence-corrected chi connectivity index (χ2v) is 5.65. The Balaban J connectivity index is 2.03. The maximum atomic E-state index is 13.5. The van der Waals surface area contributed by atoms with E-state index in [9.17, 15) is 13.9 Å². The molecule has 0 aliphatic rings. The van der Waals surface area contributed by atoms with E-state index >= 15 is 0 Å². The first-order chi connectivity index (χ1) is 9.06. The van der Waals surface area contributed by atoms with Crippen molar-refractivity contribution in [2.75, 3.05) is 0 Å². The third-order valence-corrected chi connectivity index (χ3v) is 3.59. The number of hydrogen-bond donors (Lipinski definition) is 1. The first kappa shape index (κ1) is 14.4. The van der Waals surface area contributed by atoms with E-state index in [1.54, 1.807) is 0 Å². The molecule has 0 fully saturated rings. The van der Waals surface area contributed by atoms with Gasteiger partial charge in [0.25, 0.3) is 0 Å². The minimum atomic E-state index is -0.876. The lowest BCUT2D eigenvalue weighted by atomic mass is 10.0. The van der Waals surface area contributed by atoms with Crippen LogP contribution in [0.5, 0.6) is 0 Å². The van der Waals surface area contributed by atoms with Gasteiger partial charge in [0.05, 0.1) is 6.10 Å². The SMILES string of the molecule is OC(Cc1ccc(I)cc1)Cc1cccc(F)c1F. The van der Waals surface area contributed by atoms with E-state index in [0.29, 0.717) is 6.42 Å². The molecule has 0 saturated carbocycles. The summed E-state index contributed by atoms with van der Waals surface area (Å²) in [6, 6.07) is 11.8. The van der Waals surface area contributed by atoms with E-state index in [1.807, 2.05) is 24.3 Å². The van der Waals surface area contributed by atoms with Gasteiger partial charge in [0.1, 0.15) is 0 Å². The van der Waals surface area contributed by atoms with Crippen LogP contribution in [-0.4, -0.2) is 11.2 Å². The molecule has 1 unspecified atom stereocenters. The average molecular weight is 374 g/mol. The van der Waals surface area contributed by atoms with Crippen LogP contribution in [0.2, 0.25) is 0 Å². The second-order valence-electron chi connectivity index (χ2n) is 4.40. The number of hydrogen-bond acceptors (Lipinski definition) is 1. The van der Waals surface area contributed by atoms with Gasteiger partial charge in [0.15, 0.2) is 11.6 Å². The first-order valence-electron chi connectivity index (χ1n) is 5.91. The standard InChI is InChI=1S/C15H13F2IO/c16-14-3-1-2-11(15(14)17)9-13(19)8-10-4-6-12(18)7-5-10/h1-7,13,19H,8-9H2. The van der Waals surface area contributed by atoms with Crippen LogP contribution in [0.25, 0.3) is 0 Å². The Hall–Kier alpha value is -1.01. The number of halogens is 3. The third-order valence-electron chi connectivity index (χ3n) is 2.87. The molecule has 19 heavy (non-hydrogen) atoms. The highest BCUT2D eigenvalue weighted by atomic mass is 127. The Morgan fingerprint density at radius 2 is 1.68 bits per heavy atom. The minimum absolute atomic E-state index is 0.107. The number of benzene rings is 2. The zero-order valence-electron chi connectivity index (χ0n) is 10.1. The molecule has 0 amide bonds. The number of aliphatic hydroxyl groups excluding tert-OH is 1. The van der Waals surface area contributed by atoms with Crippen molar-refractivity contribution in [1.82, 2.24) is 0 Å². The fourth-order valence-corrected chi connectivity index (χ4v) is 2.28. The molecule has 1 nitrogen and oxygen atoms in total. The molecule has 100 valence electrons. The summed E-state index contributed by atoms with van der Waals surface area (Å²) in [6.45, 7) is 0. The molecular formula is C15H13F2IO. The topological polar surface area (TPSA) is 20.2 Å². The Labute approximate surface area is 124 Å². The zero-order valence-corrected chi connectivity index (χ0v) is 12.3. The highest BCUT2D eigenvalue weighted by molar-refractivity contribution is 14.1. The Bertz CT molecular complexity index is 555. The van der Waals surface area contributed by atoms with E-state index in [0.717, 1.165) is 15.2 Å². The smallest absolute Gasteiger partial charge is 0.162 e. The molecule has 2 aromatic rings. The maximum Gasteiger partial charge on any atom is 0.162 e. The van der Waals surface area contributed by atoms with E-state index in [1.165, 1.54) is 12.1 Å². The van der Waals surface area contributed by atoms with Crippen LogP contribution in [0.3, 0.4) is 0 Å². The minimum Gasteiger partial charge on any atom is -0.392 e. The lowest BCUT2D eigenvalue weighted by Crippen LogP contribution is -2.15. The predicted octanol–water partition coefficient (Wildman–Crippen LogP) is 3.72. The van der Waals surface area contributed by atoms with Crippen LogP contribution in [0.15, 0.2) is 42.5 Å². The van der Waals surface area contributed by atoms with Crippen LogP contribution in [0.4, 0.5) is 8.78 Å². The Kier molecular flexibility index (Phi) is 4.87. The predicted molar refractivity (Wildman–Crippen MR) is 78.9 cm³/mol. The molecule has 0 aliphatic heterocycles. The first-order valence-corrected chi connectivity index (χ1v) is 6.99. The molecule has 0 heterocycles. The van der Waals surface area contributed by atoms with Gasteiger partial charge in [-0.25, -0.2) is 8.78 Å². The molecule has 0 aromatic heterocycles. The van der Waals surface area contributed by atoms with Crippen molar-refractivity contribution in [3.63, 3.8) is 0 Å². The summed E-state index contributed by atoms with van der Waals surface area (Å²) in [5.74, 6) is -1.75. The lowest BCUT2D eigenvalue weighted by Gasteiger charge is -2.11. The highest BCUT2D eigenvalue weighted by Gasteiger charge is 2.12. The summed E-state index contributed by atoms with van der Waals surface area (Å²) in [4.78, 5) is 0. The summed E-state index contributed by atoms with van der Waals surface area (Å²) < 4.78 is 27.6. The molecule has 2 rings (SSSR count). The van der Waals surface area contributed by atoms with Gasteiger partial charge >= 0.3 is 0 Å². The van der Waals surface area contributed by atoms with E-state index in [4.69, 9.17) is 0 Å². The summed E-state index contributed by atoms with van der Waals surface area (Å²) in [5.41, 5.74) is 1.18. The molecule has 0 bridgehead atoms. The van der Waals surface area contributed by atoms with Gasteiger partial charge in [-0.15, -0.1) is 0 Å². The Morgan fingerprint density at radius 1 is 1.00 bits per heavy atom. The van der Waals surface area contributed by atoms with Gasteiger partial charge in [0.2, 0.25) is 0 Å². The van der Waals surface area contributed by atoms with Crippen molar-refractivity contribution in [3.8, 4) is 0 Å². The highest BCUT2D eigenvalue weighted by Crippen LogP contribution is 2.15. The van der Waals surface area contributed by atoms with Crippen LogP contribution >= 0.6 is 22.6 Å². The molecule has 1 N–H and O–H groups in total. The summed E-state index contributed by atoms with van der Waals surface area (Å²) in [6.07, 6.45) is -0.195. The molecule has 0 radical (unpaired) electrons. The molecule has 1 atom stereocenters. The van der Waals surface area contributed by atoms with Gasteiger partial charge in [-0.05, 0) is 58.3 Å². The monoisotopic (exact) mass is 374 g/mol. The molecule has 4 heteroatoms. The Morgan fingerprint density at radius 3 is 2.37 bits per heavy atom. The lowest BCUT2D eigenvalue weighted by molar-refractivity contribution is 0.174. The van der Waals surface area contributed by atoms with Crippen molar-refractivity contribution >= 4 is 22.6 Å². The molecular weight excluding hydrogens is 361 g/mol. The maximum absolute atomic E-state index is 13.5. The fraction of sp³-hybridized carbons (Fsp3) is 0.200. The normalized spacial score (nSPS) is 12.4. The van der Waals surface area contributed by atoms with Crippen LogP contribution in [-0.2, 0) is 12.8 Å². The van der Waals surface area contributed by atoms with Crippen LogP contribution in [0, 0.1) is 15.2 Å². The second kappa shape index (κ2) is 6.43. The van der Waals surface area contributed by atoms with Crippen molar-refractivity contribution in [1.29, 1.82) is 0 Å². The number of rotatable bonds is 4. The molecule has 0 aliphatic carbocycles. The van der Waals surface area contributed by atoms with Gasteiger partial charge in [-0.3, -0.25) is 0 Å². The van der Waals surface area contributed by atoms with Crippen molar-refractivity contribution < 1.29 is 13.9 Å². The third kappa shape index (κ3) is 3.98. The molecule has 2 aromatic carbocycles.